The molecule has 11 aromatic rings. The quantitative estimate of drug-likeness (QED) is 0.155. The van der Waals surface area contributed by atoms with Crippen LogP contribution in [0.3, 0.4) is 0 Å². The molecule has 11 rings (SSSR count). The van der Waals surface area contributed by atoms with E-state index in [1.54, 1.807) is 31.2 Å². The summed E-state index contributed by atoms with van der Waals surface area (Å²) in [6, 6.07) is 43.7. The number of nitrogens with zero attached hydrogens (tertiary/aromatic N) is 9. The zero-order valence-corrected chi connectivity index (χ0v) is 36.9. The number of rotatable bonds is 6. The highest BCUT2D eigenvalue weighted by Crippen LogP contribution is 2.47. The Kier molecular flexibility index (Phi) is 9.56. The maximum absolute atomic E-state index is 15.2. The molecule has 0 aliphatic rings. The molecule has 0 aliphatic carbocycles. The number of hydrogen-bond acceptors (Lipinski definition) is 6. The van der Waals surface area contributed by atoms with Gasteiger partial charge < -0.3 is 9.13 Å². The molecule has 0 saturated heterocycles. The Morgan fingerprint density at radius 2 is 1.00 bits per heavy atom. The van der Waals surface area contributed by atoms with Crippen LogP contribution in [0.5, 0.6) is 0 Å². The van der Waals surface area contributed by atoms with Crippen LogP contribution in [0.25, 0.3) is 105 Å². The van der Waals surface area contributed by atoms with Crippen LogP contribution in [-0.4, -0.2) is 39.0 Å². The van der Waals surface area contributed by atoms with Crippen molar-refractivity contribution in [1.29, 1.82) is 0 Å². The van der Waals surface area contributed by atoms with Crippen LogP contribution in [0.15, 0.2) is 140 Å². The highest BCUT2D eigenvalue weighted by Gasteiger charge is 2.35. The molecule has 0 fully saturated rings. The van der Waals surface area contributed by atoms with Gasteiger partial charge in [0.1, 0.15) is 23.3 Å². The molecule has 12 heteroatoms. The average Bonchev–Trinajstić information content (AvgIpc) is 3.82. The van der Waals surface area contributed by atoms with E-state index >= 15 is 13.2 Å². The minimum Gasteiger partial charge on any atom is -0.309 e. The van der Waals surface area contributed by atoms with Gasteiger partial charge >= 0.3 is 6.18 Å². The maximum Gasteiger partial charge on any atom is 0.417 e. The Balaban J connectivity index is 1.21. The molecule has 4 aromatic heterocycles. The first-order valence-electron chi connectivity index (χ1n) is 21.6. The van der Waals surface area contributed by atoms with Crippen LogP contribution in [0.4, 0.5) is 18.9 Å². The van der Waals surface area contributed by atoms with Gasteiger partial charge in [-0.05, 0) is 141 Å². The van der Waals surface area contributed by atoms with Crippen LogP contribution in [0.2, 0.25) is 0 Å². The van der Waals surface area contributed by atoms with Crippen LogP contribution < -0.4 is 0 Å². The molecule has 0 radical (unpaired) electrons. The third-order valence-electron chi connectivity index (χ3n) is 12.3. The third kappa shape index (κ3) is 6.94. The first-order chi connectivity index (χ1) is 32.3. The summed E-state index contributed by atoms with van der Waals surface area (Å²) in [6.07, 6.45) is -4.65. The topological polar surface area (TPSA) is 91.6 Å². The lowest BCUT2D eigenvalue weighted by Crippen LogP contribution is -2.09. The van der Waals surface area contributed by atoms with E-state index in [9.17, 15) is 0 Å². The average molecular weight is 882 g/mol. The van der Waals surface area contributed by atoms with E-state index in [0.29, 0.717) is 68.6 Å². The van der Waals surface area contributed by atoms with Crippen molar-refractivity contribution in [2.45, 2.75) is 40.8 Å². The van der Waals surface area contributed by atoms with Crippen LogP contribution in [-0.2, 0) is 6.18 Å². The minimum atomic E-state index is -4.65. The normalized spacial score (nSPS) is 11.9. The van der Waals surface area contributed by atoms with Gasteiger partial charge in [-0.2, -0.15) is 13.2 Å². The largest absolute Gasteiger partial charge is 0.417 e. The molecular formula is C55H38F3N9. The number of fused-ring (bicyclic) bond motifs is 6. The second kappa shape index (κ2) is 15.6. The lowest BCUT2D eigenvalue weighted by atomic mass is 9.87. The number of alkyl halides is 3. The van der Waals surface area contributed by atoms with Crippen molar-refractivity contribution in [3.8, 4) is 56.4 Å². The van der Waals surface area contributed by atoms with Crippen molar-refractivity contribution >= 4 is 49.3 Å². The Hall–Kier alpha value is -8.56. The Labute approximate surface area is 382 Å². The van der Waals surface area contributed by atoms with Crippen molar-refractivity contribution in [1.82, 2.24) is 39.0 Å². The Morgan fingerprint density at radius 3 is 1.57 bits per heavy atom. The van der Waals surface area contributed by atoms with Gasteiger partial charge in [-0.25, -0.2) is 34.7 Å². The van der Waals surface area contributed by atoms with Gasteiger partial charge in [0.15, 0.2) is 17.3 Å². The van der Waals surface area contributed by atoms with Crippen LogP contribution in [0.1, 0.15) is 34.4 Å². The molecule has 0 spiro atoms. The van der Waals surface area contributed by atoms with E-state index in [0.717, 1.165) is 66.5 Å². The fourth-order valence-electron chi connectivity index (χ4n) is 9.63. The number of halogens is 3. The molecule has 0 atom stereocenters. The summed E-state index contributed by atoms with van der Waals surface area (Å²) < 4.78 is 49.9. The molecule has 0 amide bonds. The van der Waals surface area contributed by atoms with Gasteiger partial charge in [0, 0.05) is 38.4 Å². The highest BCUT2D eigenvalue weighted by atomic mass is 19.4. The lowest BCUT2D eigenvalue weighted by molar-refractivity contribution is -0.137. The Bertz CT molecular complexity index is 3850. The summed E-state index contributed by atoms with van der Waals surface area (Å²) in [5.74, 6) is 3.60. The van der Waals surface area contributed by atoms with E-state index in [4.69, 9.17) is 6.57 Å². The summed E-state index contributed by atoms with van der Waals surface area (Å²) in [7, 11) is 0. The lowest BCUT2D eigenvalue weighted by Gasteiger charge is -2.22. The fraction of sp³-hybridized carbons (Fsp3) is 0.109. The Morgan fingerprint density at radius 1 is 0.463 bits per heavy atom. The van der Waals surface area contributed by atoms with Crippen molar-refractivity contribution in [2.24, 2.45) is 0 Å². The molecule has 0 N–H and O–H groups in total. The van der Waals surface area contributed by atoms with Crippen LogP contribution >= 0.6 is 0 Å². The minimum absolute atomic E-state index is 0.0697. The third-order valence-corrected chi connectivity index (χ3v) is 12.3. The molecule has 9 nitrogen and oxygen atoms in total. The SMILES string of the molecule is [C-]#[N+]c1ccc(-n2c3ccccc3c3cc(-c4nc(C)nc(C)n4)ccc32)c(-c2cc(-n3c4ccccc4c4cc(-c5nc(C)nc(C)n5)ccc43)ccc2-c2c(C)cccc2C(F)(F)F)c1. The fourth-order valence-corrected chi connectivity index (χ4v) is 9.63. The van der Waals surface area contributed by atoms with Gasteiger partial charge in [0.25, 0.3) is 0 Å². The molecule has 0 bridgehead atoms. The van der Waals surface area contributed by atoms with Gasteiger partial charge in [-0.3, -0.25) is 0 Å². The monoisotopic (exact) mass is 881 g/mol. The summed E-state index contributed by atoms with van der Waals surface area (Å²) in [5.41, 5.74) is 8.20. The second-order valence-electron chi connectivity index (χ2n) is 16.7. The molecule has 0 aliphatic heterocycles. The van der Waals surface area contributed by atoms with Crippen molar-refractivity contribution < 1.29 is 13.2 Å². The summed E-state index contributed by atoms with van der Waals surface area (Å²) in [6.45, 7) is 17.3. The van der Waals surface area contributed by atoms with Gasteiger partial charge in [0.2, 0.25) is 0 Å². The summed E-state index contributed by atoms with van der Waals surface area (Å²) >= 11 is 0. The standard InChI is InChI=1S/C55H38F3N9/c1-30-12-11-15-46(55(56,57)58)52(30)41-22-21-38(66-47-16-9-7-13-39(47)43-26-35(18-23-49(43)66)53-62-31(2)60-32(3)63-53)29-42(41)45-28-37(59-6)20-25-51(45)67-48-17-10-8-14-40(48)44-27-36(19-24-50(44)67)54-64-33(4)61-34(5)65-54/h7-29H,1-5H3. The molecule has 324 valence electrons. The molecule has 0 unspecified atom stereocenters. The second-order valence-corrected chi connectivity index (χ2v) is 16.7. The van der Waals surface area contributed by atoms with Crippen molar-refractivity contribution in [2.75, 3.05) is 0 Å². The molecule has 7 aromatic carbocycles. The molecule has 4 heterocycles. The summed E-state index contributed by atoms with van der Waals surface area (Å²) in [4.78, 5) is 31.2. The van der Waals surface area contributed by atoms with E-state index in [1.807, 2.05) is 107 Å². The van der Waals surface area contributed by atoms with Crippen molar-refractivity contribution in [3.05, 3.63) is 185 Å². The zero-order chi connectivity index (χ0) is 46.3. The van der Waals surface area contributed by atoms with E-state index < -0.39 is 11.7 Å². The number of hydrogen-bond donors (Lipinski definition) is 0. The predicted octanol–water partition coefficient (Wildman–Crippen LogP) is 14.0. The molecule has 67 heavy (non-hydrogen) atoms. The molecule has 0 saturated carbocycles. The molecular weight excluding hydrogens is 844 g/mol. The number of aryl methyl sites for hydroxylation is 5. The number of aromatic nitrogens is 8. The van der Waals surface area contributed by atoms with Gasteiger partial charge in [-0.1, -0.05) is 60.7 Å². The van der Waals surface area contributed by atoms with E-state index in [-0.39, 0.29) is 5.56 Å². The van der Waals surface area contributed by atoms with Gasteiger partial charge in [-0.15, -0.1) is 0 Å². The number of para-hydroxylation sites is 2. The zero-order valence-electron chi connectivity index (χ0n) is 36.9. The predicted molar refractivity (Wildman–Crippen MR) is 259 cm³/mol. The van der Waals surface area contributed by atoms with Crippen LogP contribution in [0, 0.1) is 41.2 Å². The summed E-state index contributed by atoms with van der Waals surface area (Å²) in [5, 5.41) is 3.83. The maximum atomic E-state index is 15.2. The van der Waals surface area contributed by atoms with Gasteiger partial charge in [0.05, 0.1) is 39.9 Å². The number of benzene rings is 7. The van der Waals surface area contributed by atoms with E-state index in [1.165, 1.54) is 6.07 Å². The highest BCUT2D eigenvalue weighted by molar-refractivity contribution is 6.12. The van der Waals surface area contributed by atoms with Crippen molar-refractivity contribution in [3.63, 3.8) is 0 Å². The van der Waals surface area contributed by atoms with E-state index in [2.05, 4.69) is 68.1 Å². The smallest absolute Gasteiger partial charge is 0.309 e. The first kappa shape index (κ1) is 41.2. The first-order valence-corrected chi connectivity index (χ1v) is 21.6.